The first-order valence-corrected chi connectivity index (χ1v) is 9.05. The van der Waals surface area contributed by atoms with Gasteiger partial charge in [0.2, 0.25) is 10.0 Å². The van der Waals surface area contributed by atoms with Gasteiger partial charge in [-0.25, -0.2) is 17.9 Å². The number of aromatic carboxylic acids is 1. The highest BCUT2D eigenvalue weighted by Crippen LogP contribution is 2.22. The normalized spacial score (nSPS) is 13.0. The molecule has 1 aromatic heterocycles. The molecule has 0 aliphatic carbocycles. The highest BCUT2D eigenvalue weighted by molar-refractivity contribution is 9.10. The lowest BCUT2D eigenvalue weighted by Gasteiger charge is -2.14. The Balaban J connectivity index is 2.20. The topological polar surface area (TPSA) is 83.5 Å². The third-order valence-corrected chi connectivity index (χ3v) is 5.91. The van der Waals surface area contributed by atoms with Gasteiger partial charge in [0.05, 0.1) is 4.90 Å². The maximum absolute atomic E-state index is 12.2. The van der Waals surface area contributed by atoms with Crippen molar-refractivity contribution < 1.29 is 18.3 Å². The second-order valence-corrected chi connectivity index (χ2v) is 7.89. The van der Waals surface area contributed by atoms with Crippen molar-refractivity contribution in [2.75, 3.05) is 0 Å². The maximum atomic E-state index is 12.2. The van der Waals surface area contributed by atoms with Crippen LogP contribution in [0.3, 0.4) is 0 Å². The molecule has 2 N–H and O–H groups in total. The molecule has 1 aromatic carbocycles. The summed E-state index contributed by atoms with van der Waals surface area (Å²) < 4.78 is 27.9. The van der Waals surface area contributed by atoms with Gasteiger partial charge in [0.25, 0.3) is 0 Å². The zero-order valence-corrected chi connectivity index (χ0v) is 14.1. The van der Waals surface area contributed by atoms with E-state index in [4.69, 9.17) is 5.11 Å². The molecule has 0 saturated carbocycles. The molecule has 0 spiro atoms. The quantitative estimate of drug-likeness (QED) is 0.821. The highest BCUT2D eigenvalue weighted by atomic mass is 79.9. The molecule has 1 heterocycles. The fourth-order valence-electron chi connectivity index (χ4n) is 1.69. The third-order valence-electron chi connectivity index (χ3n) is 2.80. The summed E-state index contributed by atoms with van der Waals surface area (Å²) >= 11 is 4.20. The first-order chi connectivity index (χ1) is 9.79. The summed E-state index contributed by atoms with van der Waals surface area (Å²) in [4.78, 5) is 10.8. The van der Waals surface area contributed by atoms with Crippen molar-refractivity contribution in [1.82, 2.24) is 4.72 Å². The van der Waals surface area contributed by atoms with Crippen LogP contribution in [-0.2, 0) is 10.0 Å². The molecule has 0 radical (unpaired) electrons. The van der Waals surface area contributed by atoms with E-state index < -0.39 is 22.0 Å². The Hall–Kier alpha value is -1.22. The lowest BCUT2D eigenvalue weighted by atomic mass is 10.1. The van der Waals surface area contributed by atoms with E-state index in [1.54, 1.807) is 6.92 Å². The minimum Gasteiger partial charge on any atom is -0.477 e. The number of thiophene rings is 1. The smallest absolute Gasteiger partial charge is 0.345 e. The molecule has 2 aromatic rings. The number of halogens is 1. The van der Waals surface area contributed by atoms with Crippen molar-refractivity contribution in [1.29, 1.82) is 0 Å². The van der Waals surface area contributed by atoms with Crippen LogP contribution in [0.1, 0.15) is 28.2 Å². The van der Waals surface area contributed by atoms with Gasteiger partial charge >= 0.3 is 5.97 Å². The summed E-state index contributed by atoms with van der Waals surface area (Å²) in [5, 5.41) is 10.2. The van der Waals surface area contributed by atoms with Gasteiger partial charge in [-0.3, -0.25) is 0 Å². The number of sulfonamides is 1. The molecule has 0 bridgehead atoms. The van der Waals surface area contributed by atoms with Gasteiger partial charge in [0.15, 0.2) is 0 Å². The molecule has 0 fully saturated rings. The summed E-state index contributed by atoms with van der Waals surface area (Å²) in [6.45, 7) is 1.73. The van der Waals surface area contributed by atoms with Crippen LogP contribution in [0.2, 0.25) is 0 Å². The van der Waals surface area contributed by atoms with E-state index >= 15 is 0 Å². The molecule has 8 heteroatoms. The van der Waals surface area contributed by atoms with E-state index in [0.717, 1.165) is 27.4 Å². The van der Waals surface area contributed by atoms with Crippen LogP contribution in [0.4, 0.5) is 0 Å². The van der Waals surface area contributed by atoms with Crippen molar-refractivity contribution in [3.05, 3.63) is 50.6 Å². The summed E-state index contributed by atoms with van der Waals surface area (Å²) in [5.74, 6) is -1.14. The number of nitrogens with one attached hydrogen (secondary N) is 1. The van der Waals surface area contributed by atoms with Crippen molar-refractivity contribution in [2.24, 2.45) is 0 Å². The summed E-state index contributed by atoms with van der Waals surface area (Å²) in [6, 6.07) is 8.02. The van der Waals surface area contributed by atoms with E-state index in [1.807, 2.05) is 24.3 Å². The van der Waals surface area contributed by atoms with E-state index in [9.17, 15) is 13.2 Å². The predicted molar refractivity (Wildman–Crippen MR) is 84.2 cm³/mol. The van der Waals surface area contributed by atoms with E-state index in [2.05, 4.69) is 20.7 Å². The summed E-state index contributed by atoms with van der Waals surface area (Å²) in [7, 11) is -3.75. The van der Waals surface area contributed by atoms with Crippen LogP contribution in [0.15, 0.2) is 45.1 Å². The SMILES string of the molecule is C[C@@H](NS(=O)(=O)c1csc(C(=O)O)c1)c1ccc(Br)cc1. The molecular formula is C13H12BrNO4S2. The minimum absolute atomic E-state index is 0.00771. The molecule has 0 aliphatic heterocycles. The minimum atomic E-state index is -3.75. The van der Waals surface area contributed by atoms with E-state index in [-0.39, 0.29) is 9.77 Å². The van der Waals surface area contributed by atoms with Crippen LogP contribution >= 0.6 is 27.3 Å². The monoisotopic (exact) mass is 389 g/mol. The van der Waals surface area contributed by atoms with Gasteiger partial charge in [0.1, 0.15) is 4.88 Å². The maximum Gasteiger partial charge on any atom is 0.345 e. The number of hydrogen-bond acceptors (Lipinski definition) is 4. The molecular weight excluding hydrogens is 378 g/mol. The third kappa shape index (κ3) is 3.91. The van der Waals surface area contributed by atoms with Crippen molar-refractivity contribution in [3.63, 3.8) is 0 Å². The number of benzene rings is 1. The van der Waals surface area contributed by atoms with Crippen LogP contribution in [0.5, 0.6) is 0 Å². The first kappa shape index (κ1) is 16.2. The number of hydrogen-bond donors (Lipinski definition) is 2. The molecule has 0 amide bonds. The predicted octanol–water partition coefficient (Wildman–Crippen LogP) is 3.25. The van der Waals surface area contributed by atoms with Gasteiger partial charge in [-0.2, -0.15) is 0 Å². The average molecular weight is 390 g/mol. The summed E-state index contributed by atoms with van der Waals surface area (Å²) in [6.07, 6.45) is 0. The van der Waals surface area contributed by atoms with Gasteiger partial charge in [-0.1, -0.05) is 28.1 Å². The number of carboxylic acids is 1. The lowest BCUT2D eigenvalue weighted by molar-refractivity contribution is 0.0702. The van der Waals surface area contributed by atoms with Gasteiger partial charge in [0, 0.05) is 15.9 Å². The Bertz CT molecular complexity index is 753. The van der Waals surface area contributed by atoms with Crippen molar-refractivity contribution in [3.8, 4) is 0 Å². The van der Waals surface area contributed by atoms with Crippen LogP contribution < -0.4 is 4.72 Å². The van der Waals surface area contributed by atoms with Crippen LogP contribution in [-0.4, -0.2) is 19.5 Å². The van der Waals surface area contributed by atoms with Gasteiger partial charge in [-0.15, -0.1) is 11.3 Å². The Morgan fingerprint density at radius 1 is 1.33 bits per heavy atom. The highest BCUT2D eigenvalue weighted by Gasteiger charge is 2.21. The standard InChI is InChI=1S/C13H12BrNO4S2/c1-8(9-2-4-10(14)5-3-9)15-21(18,19)11-6-12(13(16)17)20-7-11/h2-8,15H,1H3,(H,16,17)/t8-/m1/s1. The lowest BCUT2D eigenvalue weighted by Crippen LogP contribution is -2.26. The molecule has 112 valence electrons. The molecule has 5 nitrogen and oxygen atoms in total. The van der Waals surface area contributed by atoms with Crippen LogP contribution in [0, 0.1) is 0 Å². The Labute approximate surface area is 134 Å². The second-order valence-electron chi connectivity index (χ2n) is 4.35. The Morgan fingerprint density at radius 2 is 1.95 bits per heavy atom. The average Bonchev–Trinajstić information content (AvgIpc) is 2.89. The zero-order valence-electron chi connectivity index (χ0n) is 10.9. The first-order valence-electron chi connectivity index (χ1n) is 5.89. The zero-order chi connectivity index (χ0) is 15.6. The van der Waals surface area contributed by atoms with E-state index in [1.165, 1.54) is 5.38 Å². The Kier molecular flexibility index (Phi) is 4.82. The van der Waals surface area contributed by atoms with E-state index in [0.29, 0.717) is 0 Å². The Morgan fingerprint density at radius 3 is 2.48 bits per heavy atom. The fourth-order valence-corrected chi connectivity index (χ4v) is 4.30. The molecule has 1 atom stereocenters. The fraction of sp³-hybridized carbons (Fsp3) is 0.154. The van der Waals surface area contributed by atoms with Gasteiger partial charge in [-0.05, 0) is 30.7 Å². The molecule has 0 aliphatic rings. The van der Waals surface area contributed by atoms with Crippen molar-refractivity contribution in [2.45, 2.75) is 17.9 Å². The van der Waals surface area contributed by atoms with Crippen LogP contribution in [0.25, 0.3) is 0 Å². The number of carboxylic acid groups (broad SMARTS) is 1. The molecule has 21 heavy (non-hydrogen) atoms. The largest absolute Gasteiger partial charge is 0.477 e. The van der Waals surface area contributed by atoms with Crippen molar-refractivity contribution >= 4 is 43.3 Å². The number of rotatable bonds is 5. The van der Waals surface area contributed by atoms with Gasteiger partial charge < -0.3 is 5.11 Å². The summed E-state index contributed by atoms with van der Waals surface area (Å²) in [5.41, 5.74) is 0.815. The molecule has 2 rings (SSSR count). The second kappa shape index (κ2) is 6.27. The molecule has 0 saturated heterocycles. The number of carbonyl (C=O) groups is 1. The molecule has 0 unspecified atom stereocenters.